The number of nitrogens with zero attached hydrogens (tertiary/aromatic N) is 3. The molecule has 0 fully saturated rings. The Morgan fingerprint density at radius 3 is 1.29 bits per heavy atom. The second kappa shape index (κ2) is 14.3. The zero-order valence-electron chi connectivity index (χ0n) is 34.1. The summed E-state index contributed by atoms with van der Waals surface area (Å²) in [4.78, 5) is 6.69. The summed E-state index contributed by atoms with van der Waals surface area (Å²) in [5.74, 6) is 0. The van der Waals surface area contributed by atoms with Crippen molar-refractivity contribution in [3.05, 3.63) is 224 Å². The maximum absolute atomic E-state index is 5.43. The number of fused-ring (bicyclic) bond motifs is 9. The molecule has 0 aliphatic carbocycles. The largest absolute Gasteiger partial charge is 0.309 e. The molecule has 4 heteroatoms. The van der Waals surface area contributed by atoms with Crippen LogP contribution in [0.3, 0.4) is 0 Å². The van der Waals surface area contributed by atoms with E-state index >= 15 is 0 Å². The smallest absolute Gasteiger partial charge is 0.0888 e. The molecule has 63 heavy (non-hydrogen) atoms. The number of hydrogen-bond donors (Lipinski definition) is 0. The lowest BCUT2D eigenvalue weighted by Crippen LogP contribution is -2.00. The molecule has 0 atom stereocenters. The quantitative estimate of drug-likeness (QED) is 0.164. The molecule has 0 spiro atoms. The minimum absolute atomic E-state index is 0.994. The molecular weight excluding hydrogens is 783 g/mol. The van der Waals surface area contributed by atoms with Crippen LogP contribution in [0, 0.1) is 0 Å². The van der Waals surface area contributed by atoms with Crippen molar-refractivity contribution in [3.8, 4) is 55.3 Å². The van der Waals surface area contributed by atoms with Crippen molar-refractivity contribution < 1.29 is 0 Å². The topological polar surface area (TPSA) is 22.8 Å². The van der Waals surface area contributed by atoms with Crippen LogP contribution in [0.4, 0.5) is 0 Å². The van der Waals surface area contributed by atoms with Gasteiger partial charge in [-0.1, -0.05) is 176 Å². The summed E-state index contributed by atoms with van der Waals surface area (Å²) in [7, 11) is 0. The number of thiophene rings is 1. The molecular formula is C59H37N3S. The van der Waals surface area contributed by atoms with E-state index in [9.17, 15) is 0 Å². The highest BCUT2D eigenvalue weighted by molar-refractivity contribution is 7.23. The van der Waals surface area contributed by atoms with Crippen LogP contribution in [0.5, 0.6) is 0 Å². The van der Waals surface area contributed by atoms with Gasteiger partial charge in [-0.05, 0) is 70.8 Å². The van der Waals surface area contributed by atoms with E-state index in [-0.39, 0.29) is 0 Å². The number of para-hydroxylation sites is 5. The molecule has 0 saturated heterocycles. The summed E-state index contributed by atoms with van der Waals surface area (Å²) < 4.78 is 6.06. The lowest BCUT2D eigenvalue weighted by molar-refractivity contribution is 1.13. The minimum Gasteiger partial charge on any atom is -0.309 e. The molecule has 0 aliphatic heterocycles. The molecule has 0 aliphatic rings. The molecule has 13 rings (SSSR count). The second-order valence-corrected chi connectivity index (χ2v) is 17.3. The SMILES string of the molecule is c1ccc(-c2sc3c(-c4ccc(-c5cc(-n6c7ccccc7c7ccccc76)cc(-n6c7ccccc7c7ccccc76)c5)cc4)nc4ccccc4c3c2-c2ccccc2)cc1. The van der Waals surface area contributed by atoms with Crippen molar-refractivity contribution >= 4 is 75.9 Å². The first kappa shape index (κ1) is 35.7. The average molecular weight is 820 g/mol. The van der Waals surface area contributed by atoms with Crippen molar-refractivity contribution in [2.24, 2.45) is 0 Å². The van der Waals surface area contributed by atoms with Gasteiger partial charge in [-0.2, -0.15) is 0 Å². The van der Waals surface area contributed by atoms with E-state index in [0.717, 1.165) is 39.3 Å². The number of pyridine rings is 1. The number of rotatable bonds is 6. The summed E-state index contributed by atoms with van der Waals surface area (Å²) in [5.41, 5.74) is 16.0. The molecule has 0 saturated carbocycles. The third-order valence-electron chi connectivity index (χ3n) is 12.7. The molecule has 0 bridgehead atoms. The Hall–Kier alpha value is -8.05. The lowest BCUT2D eigenvalue weighted by atomic mass is 9.95. The second-order valence-electron chi connectivity index (χ2n) is 16.3. The number of benzene rings is 9. The van der Waals surface area contributed by atoms with E-state index < -0.39 is 0 Å². The van der Waals surface area contributed by atoms with E-state index in [4.69, 9.17) is 4.98 Å². The first-order valence-corrected chi connectivity index (χ1v) is 22.3. The highest BCUT2D eigenvalue weighted by atomic mass is 32.1. The third kappa shape index (κ3) is 5.62. The Bertz CT molecular complexity index is 3650. The van der Waals surface area contributed by atoms with Gasteiger partial charge in [-0.15, -0.1) is 11.3 Å². The zero-order chi connectivity index (χ0) is 41.4. The fourth-order valence-electron chi connectivity index (χ4n) is 9.92. The highest BCUT2D eigenvalue weighted by Crippen LogP contribution is 2.50. The predicted octanol–water partition coefficient (Wildman–Crippen LogP) is 16.3. The minimum atomic E-state index is 0.994. The Morgan fingerprint density at radius 1 is 0.333 bits per heavy atom. The van der Waals surface area contributed by atoms with Gasteiger partial charge in [-0.25, -0.2) is 4.98 Å². The summed E-state index contributed by atoms with van der Waals surface area (Å²) in [6, 6.07) is 81.5. The Labute approximate surface area is 368 Å². The highest BCUT2D eigenvalue weighted by Gasteiger charge is 2.23. The summed E-state index contributed by atoms with van der Waals surface area (Å²) >= 11 is 1.84. The molecule has 0 N–H and O–H groups in total. The summed E-state index contributed by atoms with van der Waals surface area (Å²) in [5, 5.41) is 7.41. The van der Waals surface area contributed by atoms with Crippen molar-refractivity contribution in [2.75, 3.05) is 0 Å². The average Bonchev–Trinajstić information content (AvgIpc) is 4.03. The standard InChI is InChI=1S/C59H37N3S/c1-3-17-39(18-4-1)55-56-49-25-7-12-26-50(49)60-57(59(56)63-58(55)41-19-5-2-6-20-41)40-33-31-38(32-34-40)42-35-43(61-51-27-13-8-21-45(51)46-22-9-14-28-52(46)61)37-44(36-42)62-53-29-15-10-23-47(53)48-24-11-16-30-54(48)62/h1-37H. The maximum Gasteiger partial charge on any atom is 0.0888 e. The van der Waals surface area contributed by atoms with Gasteiger partial charge in [0.25, 0.3) is 0 Å². The van der Waals surface area contributed by atoms with Crippen LogP contribution in [0.1, 0.15) is 0 Å². The third-order valence-corrected chi connectivity index (χ3v) is 13.9. The summed E-state index contributed by atoms with van der Waals surface area (Å²) in [6.07, 6.45) is 0. The maximum atomic E-state index is 5.43. The number of hydrogen-bond acceptors (Lipinski definition) is 2. The monoisotopic (exact) mass is 819 g/mol. The molecule has 3 nitrogen and oxygen atoms in total. The van der Waals surface area contributed by atoms with E-state index in [1.807, 2.05) is 11.3 Å². The van der Waals surface area contributed by atoms with E-state index in [2.05, 4.69) is 234 Å². The lowest BCUT2D eigenvalue weighted by Gasteiger charge is -2.16. The molecule has 4 heterocycles. The van der Waals surface area contributed by atoms with E-state index in [1.54, 1.807) is 0 Å². The van der Waals surface area contributed by atoms with Crippen LogP contribution >= 0.6 is 11.3 Å². The van der Waals surface area contributed by atoms with Crippen LogP contribution in [0.2, 0.25) is 0 Å². The van der Waals surface area contributed by atoms with Gasteiger partial charge in [0.1, 0.15) is 0 Å². The van der Waals surface area contributed by atoms with Crippen molar-refractivity contribution in [1.29, 1.82) is 0 Å². The van der Waals surface area contributed by atoms with Gasteiger partial charge in [0.2, 0.25) is 0 Å². The van der Waals surface area contributed by atoms with E-state index in [0.29, 0.717) is 0 Å². The van der Waals surface area contributed by atoms with Crippen molar-refractivity contribution in [1.82, 2.24) is 14.1 Å². The Kier molecular flexibility index (Phi) is 8.08. The molecule has 294 valence electrons. The fourth-order valence-corrected chi connectivity index (χ4v) is 11.3. The van der Waals surface area contributed by atoms with Gasteiger partial charge in [-0.3, -0.25) is 0 Å². The first-order valence-electron chi connectivity index (χ1n) is 21.5. The molecule has 0 unspecified atom stereocenters. The van der Waals surface area contributed by atoms with Crippen molar-refractivity contribution in [3.63, 3.8) is 0 Å². The van der Waals surface area contributed by atoms with Gasteiger partial charge in [0.15, 0.2) is 0 Å². The van der Waals surface area contributed by atoms with Gasteiger partial charge in [0, 0.05) is 59.7 Å². The van der Waals surface area contributed by atoms with Crippen LogP contribution in [0.25, 0.3) is 120 Å². The zero-order valence-corrected chi connectivity index (χ0v) is 34.9. The van der Waals surface area contributed by atoms with Gasteiger partial charge >= 0.3 is 0 Å². The van der Waals surface area contributed by atoms with Crippen LogP contribution in [-0.4, -0.2) is 14.1 Å². The molecule has 9 aromatic carbocycles. The Balaban J connectivity index is 1.04. The van der Waals surface area contributed by atoms with E-state index in [1.165, 1.54) is 80.7 Å². The first-order chi connectivity index (χ1) is 31.3. The summed E-state index contributed by atoms with van der Waals surface area (Å²) in [6.45, 7) is 0. The van der Waals surface area contributed by atoms with Crippen molar-refractivity contribution in [2.45, 2.75) is 0 Å². The van der Waals surface area contributed by atoms with Gasteiger partial charge in [0.05, 0.1) is 38.0 Å². The van der Waals surface area contributed by atoms with Crippen LogP contribution < -0.4 is 0 Å². The molecule has 0 amide bonds. The van der Waals surface area contributed by atoms with Gasteiger partial charge < -0.3 is 9.13 Å². The molecule has 0 radical (unpaired) electrons. The molecule has 13 aromatic rings. The molecule has 4 aromatic heterocycles. The number of aromatic nitrogens is 3. The Morgan fingerprint density at radius 2 is 0.762 bits per heavy atom. The van der Waals surface area contributed by atoms with Crippen LogP contribution in [-0.2, 0) is 0 Å². The normalized spacial score (nSPS) is 11.8. The van der Waals surface area contributed by atoms with Crippen LogP contribution in [0.15, 0.2) is 224 Å². The fraction of sp³-hybridized carbons (Fsp3) is 0. The predicted molar refractivity (Wildman–Crippen MR) is 268 cm³/mol.